The summed E-state index contributed by atoms with van der Waals surface area (Å²) in [6.07, 6.45) is 0. The number of nitro benzene ring substituents is 1. The molecule has 3 N–H and O–H groups in total. The molecule has 0 radical (unpaired) electrons. The molecule has 1 aromatic carbocycles. The van der Waals surface area contributed by atoms with Crippen molar-refractivity contribution in [1.29, 1.82) is 0 Å². The summed E-state index contributed by atoms with van der Waals surface area (Å²) < 4.78 is 0. The number of nitrogens with two attached hydrogens (primary N) is 1. The number of nitrogens with one attached hydrogen (secondary N) is 1. The van der Waals surface area contributed by atoms with Crippen LogP contribution in [0.3, 0.4) is 0 Å². The number of carbonyl (C=O) groups is 1. The van der Waals surface area contributed by atoms with Crippen LogP contribution in [0.2, 0.25) is 0 Å². The first-order valence-corrected chi connectivity index (χ1v) is 6.05. The summed E-state index contributed by atoms with van der Waals surface area (Å²) in [6, 6.07) is 4.53. The monoisotopic (exact) mass is 264 g/mol. The van der Waals surface area contributed by atoms with Crippen LogP contribution >= 0.6 is 0 Å². The fourth-order valence-electron chi connectivity index (χ4n) is 2.26. The van der Waals surface area contributed by atoms with Crippen molar-refractivity contribution in [3.63, 3.8) is 0 Å². The van der Waals surface area contributed by atoms with E-state index in [1.807, 2.05) is 11.8 Å². The molecular formula is C12H16N4O3. The Morgan fingerprint density at radius 2 is 2.32 bits per heavy atom. The quantitative estimate of drug-likeness (QED) is 0.611. The third-order valence-corrected chi connectivity index (χ3v) is 3.17. The average Bonchev–Trinajstić information content (AvgIpc) is 2.37. The van der Waals surface area contributed by atoms with E-state index in [9.17, 15) is 14.9 Å². The van der Waals surface area contributed by atoms with Crippen molar-refractivity contribution in [2.45, 2.75) is 13.0 Å². The molecule has 0 saturated carbocycles. The number of piperazine rings is 1. The van der Waals surface area contributed by atoms with Gasteiger partial charge in [-0.05, 0) is 13.0 Å². The minimum Gasteiger partial charge on any atom is -0.368 e. The van der Waals surface area contributed by atoms with Gasteiger partial charge in [0.1, 0.15) is 0 Å². The number of nitro groups is 1. The van der Waals surface area contributed by atoms with Crippen LogP contribution in [0.25, 0.3) is 0 Å². The molecule has 19 heavy (non-hydrogen) atoms. The lowest BCUT2D eigenvalue weighted by Crippen LogP contribution is -2.49. The molecule has 1 aromatic rings. The third kappa shape index (κ3) is 2.82. The van der Waals surface area contributed by atoms with Gasteiger partial charge in [-0.15, -0.1) is 0 Å². The Hall–Kier alpha value is -2.15. The Morgan fingerprint density at radius 1 is 1.58 bits per heavy atom. The predicted molar refractivity (Wildman–Crippen MR) is 71.3 cm³/mol. The summed E-state index contributed by atoms with van der Waals surface area (Å²) in [6.45, 7) is 4.32. The van der Waals surface area contributed by atoms with Gasteiger partial charge in [-0.3, -0.25) is 14.9 Å². The third-order valence-electron chi connectivity index (χ3n) is 3.17. The Morgan fingerprint density at radius 3 is 2.89 bits per heavy atom. The molecule has 0 bridgehead atoms. The minimum atomic E-state index is -0.648. The van der Waals surface area contributed by atoms with Gasteiger partial charge in [-0.1, -0.05) is 0 Å². The summed E-state index contributed by atoms with van der Waals surface area (Å²) in [5, 5.41) is 14.0. The zero-order valence-corrected chi connectivity index (χ0v) is 10.6. The number of hydrogen-bond acceptors (Lipinski definition) is 5. The fraction of sp³-hybridized carbons (Fsp3) is 0.417. The van der Waals surface area contributed by atoms with E-state index in [0.717, 1.165) is 19.6 Å². The highest BCUT2D eigenvalue weighted by Crippen LogP contribution is 2.26. The maximum absolute atomic E-state index is 11.5. The van der Waals surface area contributed by atoms with E-state index in [1.165, 1.54) is 12.1 Å². The maximum Gasteiger partial charge on any atom is 0.270 e. The number of carbonyl (C=O) groups excluding carboxylic acids is 1. The highest BCUT2D eigenvalue weighted by molar-refractivity contribution is 5.99. The molecule has 1 aliphatic rings. The molecule has 1 saturated heterocycles. The Labute approximate surface area is 110 Å². The molecule has 2 rings (SSSR count). The molecule has 1 heterocycles. The lowest BCUT2D eigenvalue weighted by Gasteiger charge is -2.34. The van der Waals surface area contributed by atoms with Gasteiger partial charge in [0.25, 0.3) is 11.6 Å². The number of primary amides is 1. The number of anilines is 1. The first-order chi connectivity index (χ1) is 8.99. The van der Waals surface area contributed by atoms with Crippen LogP contribution in [0.4, 0.5) is 11.4 Å². The van der Waals surface area contributed by atoms with Gasteiger partial charge in [0.05, 0.1) is 16.2 Å². The van der Waals surface area contributed by atoms with Gasteiger partial charge >= 0.3 is 0 Å². The SMILES string of the molecule is CC1CN(c2ccc([N+](=O)[O-])cc2C(N)=O)CCN1. The lowest BCUT2D eigenvalue weighted by atomic mass is 10.1. The van der Waals surface area contributed by atoms with E-state index in [4.69, 9.17) is 5.73 Å². The van der Waals surface area contributed by atoms with Gasteiger partial charge < -0.3 is 16.0 Å². The van der Waals surface area contributed by atoms with E-state index in [2.05, 4.69) is 5.32 Å². The van der Waals surface area contributed by atoms with Crippen molar-refractivity contribution in [2.24, 2.45) is 5.73 Å². The molecule has 1 atom stereocenters. The molecular weight excluding hydrogens is 248 g/mol. The molecule has 7 heteroatoms. The lowest BCUT2D eigenvalue weighted by molar-refractivity contribution is -0.384. The molecule has 102 valence electrons. The fourth-order valence-corrected chi connectivity index (χ4v) is 2.26. The van der Waals surface area contributed by atoms with E-state index < -0.39 is 10.8 Å². The predicted octanol–water partition coefficient (Wildman–Crippen LogP) is 0.492. The van der Waals surface area contributed by atoms with Crippen molar-refractivity contribution in [3.8, 4) is 0 Å². The number of benzene rings is 1. The first kappa shape index (κ1) is 13.3. The summed E-state index contributed by atoms with van der Waals surface area (Å²) >= 11 is 0. The highest BCUT2D eigenvalue weighted by atomic mass is 16.6. The van der Waals surface area contributed by atoms with Crippen molar-refractivity contribution < 1.29 is 9.72 Å². The number of amides is 1. The zero-order chi connectivity index (χ0) is 14.0. The minimum absolute atomic E-state index is 0.124. The second kappa shape index (κ2) is 5.23. The van der Waals surface area contributed by atoms with Gasteiger partial charge in [0.15, 0.2) is 0 Å². The topological polar surface area (TPSA) is 102 Å². The summed E-state index contributed by atoms with van der Waals surface area (Å²) in [5.74, 6) is -0.648. The molecule has 0 aliphatic carbocycles. The van der Waals surface area contributed by atoms with Crippen LogP contribution in [0, 0.1) is 10.1 Å². The Kier molecular flexibility index (Phi) is 3.66. The van der Waals surface area contributed by atoms with Crippen molar-refractivity contribution in [3.05, 3.63) is 33.9 Å². The molecule has 7 nitrogen and oxygen atoms in total. The van der Waals surface area contributed by atoms with Crippen LogP contribution in [0.15, 0.2) is 18.2 Å². The second-order valence-electron chi connectivity index (χ2n) is 4.62. The maximum atomic E-state index is 11.5. The largest absolute Gasteiger partial charge is 0.368 e. The number of rotatable bonds is 3. The number of nitrogens with zero attached hydrogens (tertiary/aromatic N) is 2. The van der Waals surface area contributed by atoms with Crippen molar-refractivity contribution in [1.82, 2.24) is 5.32 Å². The second-order valence-corrected chi connectivity index (χ2v) is 4.62. The van der Waals surface area contributed by atoms with E-state index in [-0.39, 0.29) is 11.3 Å². The van der Waals surface area contributed by atoms with Crippen molar-refractivity contribution in [2.75, 3.05) is 24.5 Å². The number of hydrogen-bond donors (Lipinski definition) is 2. The van der Waals surface area contributed by atoms with Crippen LogP contribution in [0.1, 0.15) is 17.3 Å². The summed E-state index contributed by atoms with van der Waals surface area (Å²) in [5.41, 5.74) is 6.05. The molecule has 1 fully saturated rings. The van der Waals surface area contributed by atoms with Gasteiger partial charge in [-0.25, -0.2) is 0 Å². The molecule has 1 amide bonds. The molecule has 1 aliphatic heterocycles. The zero-order valence-electron chi connectivity index (χ0n) is 10.6. The Bertz CT molecular complexity index is 518. The van der Waals surface area contributed by atoms with E-state index in [1.54, 1.807) is 6.07 Å². The van der Waals surface area contributed by atoms with E-state index in [0.29, 0.717) is 11.7 Å². The van der Waals surface area contributed by atoms with E-state index >= 15 is 0 Å². The van der Waals surface area contributed by atoms with Gasteiger partial charge in [-0.2, -0.15) is 0 Å². The van der Waals surface area contributed by atoms with Crippen molar-refractivity contribution >= 4 is 17.3 Å². The normalized spacial score (nSPS) is 19.2. The molecule has 0 spiro atoms. The van der Waals surface area contributed by atoms with Gasteiger partial charge in [0.2, 0.25) is 0 Å². The van der Waals surface area contributed by atoms with Crippen LogP contribution in [0.5, 0.6) is 0 Å². The van der Waals surface area contributed by atoms with Gasteiger partial charge in [0, 0.05) is 37.8 Å². The summed E-state index contributed by atoms with van der Waals surface area (Å²) in [4.78, 5) is 23.7. The molecule has 0 aromatic heterocycles. The summed E-state index contributed by atoms with van der Waals surface area (Å²) in [7, 11) is 0. The number of non-ortho nitro benzene ring substituents is 1. The average molecular weight is 264 g/mol. The smallest absolute Gasteiger partial charge is 0.270 e. The standard InChI is InChI=1S/C12H16N4O3/c1-8-7-15(5-4-14-8)11-3-2-9(16(18)19)6-10(11)12(13)17/h2-3,6,8,14H,4-5,7H2,1H3,(H2,13,17). The van der Waals surface area contributed by atoms with Crippen LogP contribution in [-0.4, -0.2) is 36.5 Å². The molecule has 1 unspecified atom stereocenters. The highest BCUT2D eigenvalue weighted by Gasteiger charge is 2.22. The first-order valence-electron chi connectivity index (χ1n) is 6.05. The Balaban J connectivity index is 2.38. The van der Waals surface area contributed by atoms with Crippen LogP contribution in [-0.2, 0) is 0 Å². The van der Waals surface area contributed by atoms with Crippen LogP contribution < -0.4 is 16.0 Å².